The van der Waals surface area contributed by atoms with Gasteiger partial charge in [0.15, 0.2) is 0 Å². The maximum atomic E-state index is 11.5. The molecule has 0 spiro atoms. The number of methoxy groups -OCH3 is 1. The van der Waals surface area contributed by atoms with E-state index in [-0.39, 0.29) is 5.97 Å². The molecule has 0 saturated carbocycles. The van der Waals surface area contributed by atoms with Crippen LogP contribution in [0.15, 0.2) is 24.3 Å². The van der Waals surface area contributed by atoms with E-state index in [0.29, 0.717) is 11.6 Å². The number of anilines is 1. The summed E-state index contributed by atoms with van der Waals surface area (Å²) in [6.07, 6.45) is 3.52. The van der Waals surface area contributed by atoms with Crippen molar-refractivity contribution in [2.24, 2.45) is 0 Å². The largest absolute Gasteiger partial charge is 0.465 e. The van der Waals surface area contributed by atoms with E-state index in [1.165, 1.54) is 26.5 Å². The lowest BCUT2D eigenvalue weighted by atomic mass is 10.1. The molecular formula is C15H22N2O2. The quantitative estimate of drug-likeness (QED) is 0.849. The lowest BCUT2D eigenvalue weighted by molar-refractivity contribution is 0.0601. The first-order valence-corrected chi connectivity index (χ1v) is 6.82. The fourth-order valence-electron chi connectivity index (χ4n) is 2.47. The number of nitrogens with one attached hydrogen (secondary N) is 1. The molecule has 104 valence electrons. The normalized spacial score (nSPS) is 20.6. The Balaban J connectivity index is 2.00. The highest BCUT2D eigenvalue weighted by atomic mass is 16.5. The molecule has 0 radical (unpaired) electrons. The molecule has 1 N–H and O–H groups in total. The van der Waals surface area contributed by atoms with Gasteiger partial charge in [0.25, 0.3) is 0 Å². The molecule has 2 rings (SSSR count). The average Bonchev–Trinajstić information content (AvgIpc) is 2.63. The summed E-state index contributed by atoms with van der Waals surface area (Å²) in [5, 5.41) is 3.53. The van der Waals surface area contributed by atoms with Crippen LogP contribution in [0.3, 0.4) is 0 Å². The van der Waals surface area contributed by atoms with Crippen LogP contribution >= 0.6 is 0 Å². The first-order chi connectivity index (χ1) is 9.19. The Bertz CT molecular complexity index is 434. The van der Waals surface area contributed by atoms with Gasteiger partial charge in [0.05, 0.1) is 12.7 Å². The summed E-state index contributed by atoms with van der Waals surface area (Å²) in [6.45, 7) is 2.29. The molecule has 1 aromatic rings. The topological polar surface area (TPSA) is 41.6 Å². The van der Waals surface area contributed by atoms with Crippen molar-refractivity contribution in [1.29, 1.82) is 0 Å². The Kier molecular flexibility index (Phi) is 4.80. The molecule has 1 heterocycles. The zero-order chi connectivity index (χ0) is 13.7. The summed E-state index contributed by atoms with van der Waals surface area (Å²) in [5.41, 5.74) is 1.59. The van der Waals surface area contributed by atoms with E-state index in [2.05, 4.69) is 17.3 Å². The second kappa shape index (κ2) is 6.57. The van der Waals surface area contributed by atoms with Gasteiger partial charge < -0.3 is 15.0 Å². The Morgan fingerprint density at radius 2 is 2.21 bits per heavy atom. The Hall–Kier alpha value is -1.55. The van der Waals surface area contributed by atoms with Crippen LogP contribution < -0.4 is 5.32 Å². The minimum absolute atomic E-state index is 0.288. The van der Waals surface area contributed by atoms with E-state index >= 15 is 0 Å². The Labute approximate surface area is 114 Å². The highest BCUT2D eigenvalue weighted by Crippen LogP contribution is 2.18. The smallest absolute Gasteiger partial charge is 0.337 e. The maximum absolute atomic E-state index is 11.5. The monoisotopic (exact) mass is 262 g/mol. The zero-order valence-electron chi connectivity index (χ0n) is 11.7. The molecule has 19 heavy (non-hydrogen) atoms. The van der Waals surface area contributed by atoms with Crippen molar-refractivity contribution in [1.82, 2.24) is 4.90 Å². The number of ether oxygens (including phenoxy) is 1. The van der Waals surface area contributed by atoms with Crippen LogP contribution in [0.4, 0.5) is 5.69 Å². The summed E-state index contributed by atoms with van der Waals surface area (Å²) in [7, 11) is 3.57. The van der Waals surface area contributed by atoms with Crippen LogP contribution in [0.5, 0.6) is 0 Å². The van der Waals surface area contributed by atoms with E-state index in [1.54, 1.807) is 6.07 Å². The highest BCUT2D eigenvalue weighted by Gasteiger charge is 2.15. The molecule has 0 bridgehead atoms. The van der Waals surface area contributed by atoms with E-state index in [1.807, 2.05) is 18.2 Å². The van der Waals surface area contributed by atoms with Gasteiger partial charge in [0.1, 0.15) is 0 Å². The second-order valence-electron chi connectivity index (χ2n) is 5.15. The zero-order valence-corrected chi connectivity index (χ0v) is 11.7. The summed E-state index contributed by atoms with van der Waals surface area (Å²) in [6, 6.07) is 8.01. The van der Waals surface area contributed by atoms with Gasteiger partial charge in [-0.2, -0.15) is 0 Å². The molecule has 4 heteroatoms. The predicted molar refractivity (Wildman–Crippen MR) is 76.5 cm³/mol. The van der Waals surface area contributed by atoms with Crippen LogP contribution in [0, 0.1) is 0 Å². The molecular weight excluding hydrogens is 240 g/mol. The van der Waals surface area contributed by atoms with Crippen molar-refractivity contribution in [2.45, 2.75) is 25.3 Å². The summed E-state index contributed by atoms with van der Waals surface area (Å²) in [5.74, 6) is -0.288. The minimum atomic E-state index is -0.288. The maximum Gasteiger partial charge on any atom is 0.337 e. The van der Waals surface area contributed by atoms with E-state index in [9.17, 15) is 4.79 Å². The molecule has 1 aliphatic rings. The van der Waals surface area contributed by atoms with Crippen molar-refractivity contribution in [3.63, 3.8) is 0 Å². The third kappa shape index (κ3) is 3.96. The SMILES string of the molecule is COC(=O)c1cccc(NC2CCCN(C)CC2)c1. The van der Waals surface area contributed by atoms with Crippen molar-refractivity contribution in [2.75, 3.05) is 32.6 Å². The molecule has 0 aromatic heterocycles. The van der Waals surface area contributed by atoms with Crippen LogP contribution in [0.25, 0.3) is 0 Å². The van der Waals surface area contributed by atoms with Crippen molar-refractivity contribution in [3.05, 3.63) is 29.8 Å². The minimum Gasteiger partial charge on any atom is -0.465 e. The van der Waals surface area contributed by atoms with E-state index < -0.39 is 0 Å². The van der Waals surface area contributed by atoms with Gasteiger partial charge in [0.2, 0.25) is 0 Å². The molecule has 1 fully saturated rings. The first-order valence-electron chi connectivity index (χ1n) is 6.82. The van der Waals surface area contributed by atoms with Gasteiger partial charge in [-0.05, 0) is 57.6 Å². The Morgan fingerprint density at radius 1 is 1.37 bits per heavy atom. The number of carbonyl (C=O) groups is 1. The number of hydrogen-bond acceptors (Lipinski definition) is 4. The van der Waals surface area contributed by atoms with Gasteiger partial charge >= 0.3 is 5.97 Å². The fourth-order valence-corrected chi connectivity index (χ4v) is 2.47. The van der Waals surface area contributed by atoms with Crippen molar-refractivity contribution >= 4 is 11.7 Å². The third-order valence-electron chi connectivity index (χ3n) is 3.61. The number of hydrogen-bond donors (Lipinski definition) is 1. The second-order valence-corrected chi connectivity index (χ2v) is 5.15. The van der Waals surface area contributed by atoms with Gasteiger partial charge in [-0.3, -0.25) is 0 Å². The number of likely N-dealkylation sites (tertiary alicyclic amines) is 1. The molecule has 0 aliphatic carbocycles. The lowest BCUT2D eigenvalue weighted by Crippen LogP contribution is -2.23. The number of rotatable bonds is 3. The molecule has 1 saturated heterocycles. The number of nitrogens with zero attached hydrogens (tertiary/aromatic N) is 1. The number of esters is 1. The first kappa shape index (κ1) is 13.9. The van der Waals surface area contributed by atoms with E-state index in [0.717, 1.165) is 18.7 Å². The third-order valence-corrected chi connectivity index (χ3v) is 3.61. The standard InChI is InChI=1S/C15H22N2O2/c1-17-9-4-7-13(8-10-17)16-14-6-3-5-12(11-14)15(18)19-2/h3,5-6,11,13,16H,4,7-10H2,1-2H3. The van der Waals surface area contributed by atoms with Gasteiger partial charge in [-0.15, -0.1) is 0 Å². The number of benzene rings is 1. The summed E-state index contributed by atoms with van der Waals surface area (Å²) in [4.78, 5) is 13.9. The molecule has 1 atom stereocenters. The molecule has 1 aromatic carbocycles. The summed E-state index contributed by atoms with van der Waals surface area (Å²) >= 11 is 0. The van der Waals surface area contributed by atoms with Crippen LogP contribution in [0.2, 0.25) is 0 Å². The van der Waals surface area contributed by atoms with E-state index in [4.69, 9.17) is 4.74 Å². The van der Waals surface area contributed by atoms with Crippen molar-refractivity contribution < 1.29 is 9.53 Å². The summed E-state index contributed by atoms with van der Waals surface area (Å²) < 4.78 is 4.74. The lowest BCUT2D eigenvalue weighted by Gasteiger charge is -2.18. The molecule has 1 unspecified atom stereocenters. The average molecular weight is 262 g/mol. The van der Waals surface area contributed by atoms with Crippen molar-refractivity contribution in [3.8, 4) is 0 Å². The highest BCUT2D eigenvalue weighted by molar-refractivity contribution is 5.90. The van der Waals surface area contributed by atoms with Crippen LogP contribution in [-0.2, 0) is 4.74 Å². The predicted octanol–water partition coefficient (Wildman–Crippen LogP) is 2.37. The van der Waals surface area contributed by atoms with Gasteiger partial charge in [-0.1, -0.05) is 6.07 Å². The van der Waals surface area contributed by atoms with Gasteiger partial charge in [-0.25, -0.2) is 4.79 Å². The Morgan fingerprint density at radius 3 is 3.00 bits per heavy atom. The van der Waals surface area contributed by atoms with Crippen LogP contribution in [-0.4, -0.2) is 44.2 Å². The molecule has 1 aliphatic heterocycles. The molecule has 0 amide bonds. The van der Waals surface area contributed by atoms with Gasteiger partial charge in [0, 0.05) is 11.7 Å². The fraction of sp³-hybridized carbons (Fsp3) is 0.533. The number of carbonyl (C=O) groups excluding carboxylic acids is 1. The molecule has 4 nitrogen and oxygen atoms in total. The van der Waals surface area contributed by atoms with Crippen LogP contribution in [0.1, 0.15) is 29.6 Å².